The molecule has 2 N–H and O–H groups in total. The van der Waals surface area contributed by atoms with Crippen LogP contribution in [0.25, 0.3) is 0 Å². The fraction of sp³-hybridized carbons (Fsp3) is 0.235. The Morgan fingerprint density at radius 2 is 2.00 bits per heavy atom. The Hall–Kier alpha value is -2.33. The zero-order valence-electron chi connectivity index (χ0n) is 12.2. The SMILES string of the molecule is Cc1ccc(OCC(=O)Nc2cccc(CO)c2)c(C)c1. The second-order valence-electron chi connectivity index (χ2n) is 4.96. The molecule has 2 aromatic rings. The third-order valence-electron chi connectivity index (χ3n) is 3.08. The van der Waals surface area contributed by atoms with Crippen LogP contribution in [0.5, 0.6) is 5.75 Å². The molecule has 0 radical (unpaired) electrons. The van der Waals surface area contributed by atoms with Crippen LogP contribution in [0.1, 0.15) is 16.7 Å². The van der Waals surface area contributed by atoms with Gasteiger partial charge in [0.2, 0.25) is 0 Å². The highest BCUT2D eigenvalue weighted by atomic mass is 16.5. The number of aryl methyl sites for hydroxylation is 2. The Morgan fingerprint density at radius 1 is 1.19 bits per heavy atom. The molecule has 0 atom stereocenters. The Morgan fingerprint density at radius 3 is 2.71 bits per heavy atom. The molecule has 0 heterocycles. The molecule has 2 aromatic carbocycles. The summed E-state index contributed by atoms with van der Waals surface area (Å²) >= 11 is 0. The molecule has 110 valence electrons. The van der Waals surface area contributed by atoms with Gasteiger partial charge in [0.1, 0.15) is 5.75 Å². The molecular formula is C17H19NO3. The van der Waals surface area contributed by atoms with Gasteiger partial charge in [-0.2, -0.15) is 0 Å². The van der Waals surface area contributed by atoms with E-state index in [1.807, 2.05) is 32.0 Å². The van der Waals surface area contributed by atoms with Crippen molar-refractivity contribution < 1.29 is 14.6 Å². The van der Waals surface area contributed by atoms with Crippen molar-refractivity contribution in [2.24, 2.45) is 0 Å². The van der Waals surface area contributed by atoms with Gasteiger partial charge >= 0.3 is 0 Å². The highest BCUT2D eigenvalue weighted by molar-refractivity contribution is 5.91. The number of hydrogen-bond donors (Lipinski definition) is 2. The highest BCUT2D eigenvalue weighted by Gasteiger charge is 2.06. The minimum absolute atomic E-state index is 0.0484. The molecule has 21 heavy (non-hydrogen) atoms. The van der Waals surface area contributed by atoms with Crippen LogP contribution in [-0.2, 0) is 11.4 Å². The number of amides is 1. The average Bonchev–Trinajstić information content (AvgIpc) is 2.46. The van der Waals surface area contributed by atoms with Crippen LogP contribution in [0.2, 0.25) is 0 Å². The van der Waals surface area contributed by atoms with E-state index in [-0.39, 0.29) is 19.1 Å². The molecule has 1 amide bonds. The summed E-state index contributed by atoms with van der Waals surface area (Å²) in [4.78, 5) is 11.9. The molecule has 0 unspecified atom stereocenters. The predicted molar refractivity (Wildman–Crippen MR) is 82.4 cm³/mol. The highest BCUT2D eigenvalue weighted by Crippen LogP contribution is 2.18. The van der Waals surface area contributed by atoms with E-state index >= 15 is 0 Å². The molecule has 4 heteroatoms. The Balaban J connectivity index is 1.92. The first-order chi connectivity index (χ1) is 10.1. The monoisotopic (exact) mass is 285 g/mol. The topological polar surface area (TPSA) is 58.6 Å². The maximum atomic E-state index is 11.9. The molecule has 0 saturated carbocycles. The molecule has 0 aliphatic carbocycles. The molecule has 0 aliphatic heterocycles. The number of nitrogens with one attached hydrogen (secondary N) is 1. The van der Waals surface area contributed by atoms with E-state index in [0.29, 0.717) is 11.4 Å². The molecule has 0 fully saturated rings. The van der Waals surface area contributed by atoms with Crippen LogP contribution >= 0.6 is 0 Å². The average molecular weight is 285 g/mol. The third-order valence-corrected chi connectivity index (χ3v) is 3.08. The lowest BCUT2D eigenvalue weighted by Crippen LogP contribution is -2.20. The van der Waals surface area contributed by atoms with Gasteiger partial charge in [-0.3, -0.25) is 4.79 Å². The molecular weight excluding hydrogens is 266 g/mol. The summed E-state index contributed by atoms with van der Waals surface area (Å²) in [6.45, 7) is 3.86. The van der Waals surface area contributed by atoms with Gasteiger partial charge in [-0.1, -0.05) is 29.8 Å². The number of rotatable bonds is 5. The zero-order chi connectivity index (χ0) is 15.2. The van der Waals surface area contributed by atoms with Gasteiger partial charge < -0.3 is 15.2 Å². The summed E-state index contributed by atoms with van der Waals surface area (Å²) in [7, 11) is 0. The van der Waals surface area contributed by atoms with Gasteiger partial charge in [-0.15, -0.1) is 0 Å². The number of aliphatic hydroxyl groups is 1. The standard InChI is InChI=1S/C17H19NO3/c1-12-6-7-16(13(2)8-12)21-11-17(20)18-15-5-3-4-14(9-15)10-19/h3-9,19H,10-11H2,1-2H3,(H,18,20). The van der Waals surface area contributed by atoms with E-state index in [9.17, 15) is 4.79 Å². The number of carbonyl (C=O) groups is 1. The first kappa shape index (κ1) is 15.1. The molecule has 0 aliphatic rings. The Labute approximate surface area is 124 Å². The number of benzene rings is 2. The van der Waals surface area contributed by atoms with E-state index in [0.717, 1.165) is 16.7 Å². The third kappa shape index (κ3) is 4.33. The first-order valence-corrected chi connectivity index (χ1v) is 6.78. The lowest BCUT2D eigenvalue weighted by Gasteiger charge is -2.10. The van der Waals surface area contributed by atoms with Crippen LogP contribution in [0.4, 0.5) is 5.69 Å². The van der Waals surface area contributed by atoms with Crippen LogP contribution in [0.3, 0.4) is 0 Å². The van der Waals surface area contributed by atoms with Crippen molar-refractivity contribution in [1.82, 2.24) is 0 Å². The van der Waals surface area contributed by atoms with Gasteiger partial charge in [0, 0.05) is 5.69 Å². The zero-order valence-corrected chi connectivity index (χ0v) is 12.2. The van der Waals surface area contributed by atoms with Crippen LogP contribution in [0.15, 0.2) is 42.5 Å². The second kappa shape index (κ2) is 6.90. The molecule has 0 saturated heterocycles. The van der Waals surface area contributed by atoms with E-state index in [2.05, 4.69) is 5.32 Å². The van der Waals surface area contributed by atoms with Gasteiger partial charge in [-0.25, -0.2) is 0 Å². The van der Waals surface area contributed by atoms with E-state index in [1.54, 1.807) is 24.3 Å². The number of ether oxygens (including phenoxy) is 1. The molecule has 4 nitrogen and oxygen atoms in total. The van der Waals surface area contributed by atoms with Crippen molar-refractivity contribution in [2.75, 3.05) is 11.9 Å². The van der Waals surface area contributed by atoms with E-state index in [1.165, 1.54) is 0 Å². The summed E-state index contributed by atoms with van der Waals surface area (Å²) in [5, 5.41) is 11.8. The summed E-state index contributed by atoms with van der Waals surface area (Å²) in [5.74, 6) is 0.477. The number of aliphatic hydroxyl groups excluding tert-OH is 1. The summed E-state index contributed by atoms with van der Waals surface area (Å²) in [6, 6.07) is 12.9. The molecule has 0 bridgehead atoms. The fourth-order valence-electron chi connectivity index (χ4n) is 2.05. The molecule has 0 spiro atoms. The van der Waals surface area contributed by atoms with Crippen molar-refractivity contribution in [1.29, 1.82) is 0 Å². The van der Waals surface area contributed by atoms with E-state index in [4.69, 9.17) is 9.84 Å². The van der Waals surface area contributed by atoms with Crippen molar-refractivity contribution in [3.05, 3.63) is 59.2 Å². The van der Waals surface area contributed by atoms with Crippen molar-refractivity contribution in [2.45, 2.75) is 20.5 Å². The first-order valence-electron chi connectivity index (χ1n) is 6.78. The maximum absolute atomic E-state index is 11.9. The lowest BCUT2D eigenvalue weighted by atomic mass is 10.1. The number of carbonyl (C=O) groups excluding carboxylic acids is 1. The minimum atomic E-state index is -0.231. The van der Waals surface area contributed by atoms with Crippen LogP contribution < -0.4 is 10.1 Å². The lowest BCUT2D eigenvalue weighted by molar-refractivity contribution is -0.118. The predicted octanol–water partition coefficient (Wildman–Crippen LogP) is 2.81. The normalized spacial score (nSPS) is 10.2. The van der Waals surface area contributed by atoms with E-state index < -0.39 is 0 Å². The molecule has 0 aromatic heterocycles. The van der Waals surface area contributed by atoms with Crippen molar-refractivity contribution in [3.8, 4) is 5.75 Å². The summed E-state index contributed by atoms with van der Waals surface area (Å²) in [6.07, 6.45) is 0. The summed E-state index contributed by atoms with van der Waals surface area (Å²) in [5.41, 5.74) is 3.56. The number of anilines is 1. The van der Waals surface area contributed by atoms with Crippen molar-refractivity contribution in [3.63, 3.8) is 0 Å². The quantitative estimate of drug-likeness (QED) is 0.888. The Bertz CT molecular complexity index is 638. The van der Waals surface area contributed by atoms with Crippen LogP contribution in [-0.4, -0.2) is 17.6 Å². The summed E-state index contributed by atoms with van der Waals surface area (Å²) < 4.78 is 5.52. The van der Waals surface area contributed by atoms with Gasteiger partial charge in [0.25, 0.3) is 5.91 Å². The minimum Gasteiger partial charge on any atom is -0.483 e. The molecule has 2 rings (SSSR count). The van der Waals surface area contributed by atoms with Gasteiger partial charge in [-0.05, 0) is 43.2 Å². The smallest absolute Gasteiger partial charge is 0.262 e. The Kier molecular flexibility index (Phi) is 4.95. The fourth-order valence-corrected chi connectivity index (χ4v) is 2.05. The second-order valence-corrected chi connectivity index (χ2v) is 4.96. The maximum Gasteiger partial charge on any atom is 0.262 e. The van der Waals surface area contributed by atoms with Gasteiger partial charge in [0.15, 0.2) is 6.61 Å². The largest absolute Gasteiger partial charge is 0.483 e. The van der Waals surface area contributed by atoms with Gasteiger partial charge in [0.05, 0.1) is 6.61 Å². The van der Waals surface area contributed by atoms with Crippen LogP contribution in [0, 0.1) is 13.8 Å². The van der Waals surface area contributed by atoms with Crippen molar-refractivity contribution >= 4 is 11.6 Å². The number of hydrogen-bond acceptors (Lipinski definition) is 3.